The van der Waals surface area contributed by atoms with Gasteiger partial charge in [-0.1, -0.05) is 6.92 Å². The number of rotatable bonds is 6. The number of hydrogen-bond acceptors (Lipinski definition) is 5. The first kappa shape index (κ1) is 14.3. The quantitative estimate of drug-likeness (QED) is 0.541. The van der Waals surface area contributed by atoms with Gasteiger partial charge in [0.1, 0.15) is 0 Å². The zero-order valence-corrected chi connectivity index (χ0v) is 9.66. The molecule has 0 aromatic heterocycles. The summed E-state index contributed by atoms with van der Waals surface area (Å²) >= 11 is 0. The lowest BCUT2D eigenvalue weighted by Gasteiger charge is -2.16. The molecule has 0 saturated carbocycles. The molecule has 0 amide bonds. The highest BCUT2D eigenvalue weighted by molar-refractivity contribution is 7.90. The first-order valence-electron chi connectivity index (χ1n) is 4.66. The molecule has 0 heterocycles. The molecule has 88 valence electrons. The molecule has 4 N–H and O–H groups in total. The van der Waals surface area contributed by atoms with E-state index in [0.717, 1.165) is 0 Å². The Kier molecular flexibility index (Phi) is 5.75. The molecule has 0 aliphatic heterocycles. The van der Waals surface area contributed by atoms with Crippen molar-refractivity contribution < 1.29 is 13.5 Å². The number of nitriles is 1. The van der Waals surface area contributed by atoms with Gasteiger partial charge in [0.2, 0.25) is 10.0 Å². The molecule has 0 radical (unpaired) electrons. The predicted molar refractivity (Wildman–Crippen MR) is 56.3 cm³/mol. The van der Waals surface area contributed by atoms with E-state index in [2.05, 4.69) is 4.72 Å². The lowest BCUT2D eigenvalue weighted by Crippen LogP contribution is -2.45. The highest BCUT2D eigenvalue weighted by Gasteiger charge is 2.24. The molecule has 0 rings (SSSR count). The molecule has 0 spiro atoms. The van der Waals surface area contributed by atoms with Gasteiger partial charge in [-0.05, 0) is 13.3 Å². The Morgan fingerprint density at radius 1 is 1.60 bits per heavy atom. The van der Waals surface area contributed by atoms with Gasteiger partial charge in [0.15, 0.2) is 5.25 Å². The Morgan fingerprint density at radius 2 is 2.13 bits per heavy atom. The fraction of sp³-hybridized carbons (Fsp3) is 0.875. The largest absolute Gasteiger partial charge is 0.392 e. The molecule has 0 bridgehead atoms. The van der Waals surface area contributed by atoms with Gasteiger partial charge in [0.25, 0.3) is 0 Å². The monoisotopic (exact) mass is 235 g/mol. The number of hydrogen-bond donors (Lipinski definition) is 3. The van der Waals surface area contributed by atoms with E-state index < -0.39 is 27.4 Å². The lowest BCUT2D eigenvalue weighted by molar-refractivity contribution is 0.164. The maximum atomic E-state index is 11.4. The van der Waals surface area contributed by atoms with Crippen LogP contribution in [0.15, 0.2) is 0 Å². The molecule has 7 heteroatoms. The Balaban J connectivity index is 4.35. The van der Waals surface area contributed by atoms with Crippen LogP contribution < -0.4 is 10.5 Å². The summed E-state index contributed by atoms with van der Waals surface area (Å²) in [6, 6.07) is 1.02. The summed E-state index contributed by atoms with van der Waals surface area (Å²) in [6.07, 6.45) is -0.578. The molecule has 0 aliphatic rings. The lowest BCUT2D eigenvalue weighted by atomic mass is 10.2. The Morgan fingerprint density at radius 3 is 2.47 bits per heavy atom. The second-order valence-electron chi connectivity index (χ2n) is 3.32. The summed E-state index contributed by atoms with van der Waals surface area (Å²) in [6.45, 7) is 3.01. The van der Waals surface area contributed by atoms with E-state index >= 15 is 0 Å². The van der Waals surface area contributed by atoms with Crippen molar-refractivity contribution in [3.8, 4) is 6.07 Å². The van der Waals surface area contributed by atoms with Gasteiger partial charge in [0, 0.05) is 12.6 Å². The summed E-state index contributed by atoms with van der Waals surface area (Å²) in [5.74, 6) is 0. The topological polar surface area (TPSA) is 116 Å². The van der Waals surface area contributed by atoms with Gasteiger partial charge < -0.3 is 10.8 Å². The van der Waals surface area contributed by atoms with Crippen LogP contribution in [0.2, 0.25) is 0 Å². The predicted octanol–water partition coefficient (Wildman–Crippen LogP) is -1.08. The van der Waals surface area contributed by atoms with Crippen LogP contribution in [0.5, 0.6) is 0 Å². The van der Waals surface area contributed by atoms with Crippen molar-refractivity contribution in [1.82, 2.24) is 4.72 Å². The van der Waals surface area contributed by atoms with E-state index in [1.807, 2.05) is 0 Å². The molecule has 3 unspecified atom stereocenters. The number of nitrogens with one attached hydrogen (secondary N) is 1. The number of sulfonamides is 1. The van der Waals surface area contributed by atoms with Crippen LogP contribution >= 0.6 is 0 Å². The molecule has 15 heavy (non-hydrogen) atoms. The first-order valence-corrected chi connectivity index (χ1v) is 6.21. The number of nitrogens with two attached hydrogens (primary N) is 1. The number of aliphatic hydroxyl groups excluding tert-OH is 1. The van der Waals surface area contributed by atoms with E-state index in [1.54, 1.807) is 13.0 Å². The average Bonchev–Trinajstić information content (AvgIpc) is 2.15. The Hall–Kier alpha value is -0.680. The third-order valence-electron chi connectivity index (χ3n) is 2.03. The average molecular weight is 235 g/mol. The first-order chi connectivity index (χ1) is 6.85. The number of nitrogens with zero attached hydrogens (tertiary/aromatic N) is 1. The van der Waals surface area contributed by atoms with Crippen LogP contribution in [0, 0.1) is 11.3 Å². The van der Waals surface area contributed by atoms with Crippen molar-refractivity contribution in [3.63, 3.8) is 0 Å². The molecule has 0 aromatic rings. The van der Waals surface area contributed by atoms with Crippen molar-refractivity contribution >= 4 is 10.0 Å². The molecular formula is C8H17N3O3S. The van der Waals surface area contributed by atoms with Crippen LogP contribution in [-0.4, -0.2) is 37.5 Å². The minimum atomic E-state index is -3.65. The molecule has 0 saturated heterocycles. The minimum absolute atomic E-state index is 0.0713. The third kappa shape index (κ3) is 4.57. The van der Waals surface area contributed by atoms with E-state index in [4.69, 9.17) is 16.1 Å². The van der Waals surface area contributed by atoms with E-state index in [0.29, 0.717) is 0 Å². The van der Waals surface area contributed by atoms with Gasteiger partial charge in [0.05, 0.1) is 12.2 Å². The van der Waals surface area contributed by atoms with Crippen LogP contribution in [0.4, 0.5) is 0 Å². The minimum Gasteiger partial charge on any atom is -0.392 e. The van der Waals surface area contributed by atoms with Crippen LogP contribution in [0.3, 0.4) is 0 Å². The maximum absolute atomic E-state index is 11.4. The van der Waals surface area contributed by atoms with Crippen LogP contribution in [0.1, 0.15) is 20.3 Å². The molecule has 3 atom stereocenters. The highest BCUT2D eigenvalue weighted by atomic mass is 32.2. The van der Waals surface area contributed by atoms with Crippen molar-refractivity contribution in [2.45, 2.75) is 37.7 Å². The second kappa shape index (κ2) is 6.02. The zero-order chi connectivity index (χ0) is 12.1. The van der Waals surface area contributed by atoms with Crippen molar-refractivity contribution in [3.05, 3.63) is 0 Å². The smallest absolute Gasteiger partial charge is 0.228 e. The van der Waals surface area contributed by atoms with Crippen LogP contribution in [0.25, 0.3) is 0 Å². The van der Waals surface area contributed by atoms with E-state index in [1.165, 1.54) is 6.92 Å². The summed E-state index contributed by atoms with van der Waals surface area (Å²) in [7, 11) is -3.65. The summed E-state index contributed by atoms with van der Waals surface area (Å²) < 4.78 is 25.1. The SMILES string of the molecule is CCC(C#N)S(=O)(=O)NCC(N)C(C)O. The molecular weight excluding hydrogens is 218 g/mol. The van der Waals surface area contributed by atoms with Crippen molar-refractivity contribution in [2.24, 2.45) is 5.73 Å². The highest BCUT2D eigenvalue weighted by Crippen LogP contribution is 2.02. The van der Waals surface area contributed by atoms with Gasteiger partial charge in [-0.2, -0.15) is 5.26 Å². The Labute approximate surface area is 90.1 Å². The molecule has 0 aliphatic carbocycles. The molecule has 0 aromatic carbocycles. The van der Waals surface area contributed by atoms with Crippen molar-refractivity contribution in [2.75, 3.05) is 6.54 Å². The molecule has 6 nitrogen and oxygen atoms in total. The second-order valence-corrected chi connectivity index (χ2v) is 5.27. The maximum Gasteiger partial charge on any atom is 0.228 e. The van der Waals surface area contributed by atoms with Gasteiger partial charge in [-0.25, -0.2) is 13.1 Å². The number of aliphatic hydroxyl groups is 1. The van der Waals surface area contributed by atoms with Gasteiger partial charge in [-0.3, -0.25) is 0 Å². The van der Waals surface area contributed by atoms with E-state index in [-0.39, 0.29) is 13.0 Å². The van der Waals surface area contributed by atoms with Gasteiger partial charge >= 0.3 is 0 Å². The molecule has 0 fully saturated rings. The summed E-state index contributed by atoms with van der Waals surface area (Å²) in [5.41, 5.74) is 5.45. The fourth-order valence-electron chi connectivity index (χ4n) is 0.864. The van der Waals surface area contributed by atoms with Crippen LogP contribution in [-0.2, 0) is 10.0 Å². The summed E-state index contributed by atoms with van der Waals surface area (Å²) in [5, 5.41) is 16.6. The zero-order valence-electron chi connectivity index (χ0n) is 8.84. The standard InChI is InChI=1S/C8H17N3O3S/c1-3-7(4-9)15(13,14)11-5-8(10)6(2)12/h6-8,11-12H,3,5,10H2,1-2H3. The Bertz CT molecular complexity index is 321. The third-order valence-corrected chi connectivity index (χ3v) is 3.79. The normalized spacial score (nSPS) is 17.8. The van der Waals surface area contributed by atoms with Gasteiger partial charge in [-0.15, -0.1) is 0 Å². The van der Waals surface area contributed by atoms with Crippen molar-refractivity contribution in [1.29, 1.82) is 5.26 Å². The summed E-state index contributed by atoms with van der Waals surface area (Å²) in [4.78, 5) is 0. The van der Waals surface area contributed by atoms with E-state index in [9.17, 15) is 8.42 Å². The fourth-order valence-corrected chi connectivity index (χ4v) is 2.07.